The number of hydrogen-bond donors (Lipinski definition) is 0. The van der Waals surface area contributed by atoms with Gasteiger partial charge in [-0.05, 0) is 35.9 Å². The zero-order chi connectivity index (χ0) is 23.8. The molecule has 0 N–H and O–H groups in total. The minimum Gasteiger partial charge on any atom is -0.493 e. The second-order valence-corrected chi connectivity index (χ2v) is 5.28. The molecule has 2 rings (SSSR count). The van der Waals surface area contributed by atoms with Gasteiger partial charge in [0.1, 0.15) is 17.1 Å². The maximum atomic E-state index is 14.2. The Balaban J connectivity index is 2.56. The number of ether oxygens (including phenoxy) is 3. The summed E-state index contributed by atoms with van der Waals surface area (Å²) in [5, 5.41) is -1.69. The summed E-state index contributed by atoms with van der Waals surface area (Å²) in [5.74, 6) is -5.45. The fraction of sp³-hybridized carbons (Fsp3) is 0.188. The van der Waals surface area contributed by atoms with Gasteiger partial charge in [-0.15, -0.1) is 13.2 Å². The highest BCUT2D eigenvalue weighted by atomic mass is 35.5. The molecule has 0 fully saturated rings. The molecule has 0 amide bonds. The summed E-state index contributed by atoms with van der Waals surface area (Å²) in [4.78, 5) is 11.5. The largest absolute Gasteiger partial charge is 0.573 e. The van der Waals surface area contributed by atoms with Crippen LogP contribution in [0.15, 0.2) is 30.3 Å². The van der Waals surface area contributed by atoms with E-state index in [1.807, 2.05) is 0 Å². The normalized spacial score (nSPS) is 13.9. The van der Waals surface area contributed by atoms with Crippen molar-refractivity contribution in [1.82, 2.24) is 0 Å². The molecule has 0 saturated carbocycles. The number of hydrogen-bond acceptors (Lipinski definition) is 4. The standard InChI is InChI=1S/C16H8ClF7O4/c1-26-11-6-7(28-16(22,23)24)2-4-9(11)27-10-5-3-8(15(19,20)21)13(18)12(10)14(17)25/h2-6H,1H3/i1D3. The fourth-order valence-corrected chi connectivity index (χ4v) is 2.19. The molecule has 0 unspecified atom stereocenters. The Morgan fingerprint density at radius 1 is 1.04 bits per heavy atom. The van der Waals surface area contributed by atoms with Crippen LogP contribution >= 0.6 is 11.6 Å². The Bertz CT molecular complexity index is 991. The molecule has 28 heavy (non-hydrogen) atoms. The molecule has 2 aromatic carbocycles. The first-order valence-corrected chi connectivity index (χ1v) is 7.22. The Labute approximate surface area is 161 Å². The molecular weight excluding hydrogens is 425 g/mol. The molecular formula is C16H8ClF7O4. The Kier molecular flexibility index (Phi) is 4.81. The van der Waals surface area contributed by atoms with E-state index in [0.717, 1.165) is 0 Å². The van der Waals surface area contributed by atoms with E-state index in [0.29, 0.717) is 24.3 Å². The van der Waals surface area contributed by atoms with E-state index in [-0.39, 0.29) is 6.07 Å². The summed E-state index contributed by atoms with van der Waals surface area (Å²) in [7, 11) is -3.20. The maximum absolute atomic E-state index is 14.2. The highest BCUT2D eigenvalue weighted by molar-refractivity contribution is 6.68. The van der Waals surface area contributed by atoms with Crippen molar-refractivity contribution in [3.63, 3.8) is 0 Å². The zero-order valence-corrected chi connectivity index (χ0v) is 13.8. The van der Waals surface area contributed by atoms with Crippen molar-refractivity contribution in [2.45, 2.75) is 12.5 Å². The Hall–Kier alpha value is -2.69. The van der Waals surface area contributed by atoms with E-state index < -0.39 is 64.8 Å². The highest BCUT2D eigenvalue weighted by Crippen LogP contribution is 2.40. The number of methoxy groups -OCH3 is 1. The lowest BCUT2D eigenvalue weighted by Gasteiger charge is -2.16. The monoisotopic (exact) mass is 435 g/mol. The van der Waals surface area contributed by atoms with Gasteiger partial charge in [0.15, 0.2) is 17.3 Å². The quantitative estimate of drug-likeness (QED) is 0.432. The van der Waals surface area contributed by atoms with E-state index in [4.69, 9.17) is 20.5 Å². The number of rotatable bonds is 5. The first-order chi connectivity index (χ1) is 14.0. The van der Waals surface area contributed by atoms with E-state index in [1.54, 1.807) is 0 Å². The number of halogens is 8. The van der Waals surface area contributed by atoms with Crippen LogP contribution in [0.1, 0.15) is 20.0 Å². The number of alkyl halides is 6. The number of benzene rings is 2. The van der Waals surface area contributed by atoms with E-state index >= 15 is 0 Å². The number of carbonyl (C=O) groups excluding carboxylic acids is 1. The third kappa shape index (κ3) is 4.97. The fourth-order valence-electron chi connectivity index (χ4n) is 2.01. The average molecular weight is 436 g/mol. The molecule has 0 atom stereocenters. The molecule has 0 radical (unpaired) electrons. The lowest BCUT2D eigenvalue weighted by Crippen LogP contribution is -2.17. The van der Waals surface area contributed by atoms with Crippen LogP contribution in [-0.2, 0) is 6.18 Å². The van der Waals surface area contributed by atoms with Crippen molar-refractivity contribution in [2.24, 2.45) is 0 Å². The molecule has 4 nitrogen and oxygen atoms in total. The molecule has 0 bridgehead atoms. The molecule has 0 aliphatic carbocycles. The van der Waals surface area contributed by atoms with Gasteiger partial charge in [-0.2, -0.15) is 13.2 Å². The van der Waals surface area contributed by atoms with E-state index in [2.05, 4.69) is 9.47 Å². The second kappa shape index (κ2) is 7.74. The predicted octanol–water partition coefficient (Wildman–Crippen LogP) is 5.92. The molecule has 0 aliphatic heterocycles. The third-order valence-corrected chi connectivity index (χ3v) is 3.27. The summed E-state index contributed by atoms with van der Waals surface area (Å²) in [6, 6.07) is 2.54. The first kappa shape index (κ1) is 17.4. The Morgan fingerprint density at radius 3 is 2.21 bits per heavy atom. The van der Waals surface area contributed by atoms with Crippen molar-refractivity contribution in [1.29, 1.82) is 0 Å². The topological polar surface area (TPSA) is 44.8 Å². The van der Waals surface area contributed by atoms with Crippen LogP contribution in [0.4, 0.5) is 30.7 Å². The lowest BCUT2D eigenvalue weighted by molar-refractivity contribution is -0.274. The van der Waals surface area contributed by atoms with E-state index in [9.17, 15) is 35.5 Å². The molecule has 2 aromatic rings. The van der Waals surface area contributed by atoms with Crippen molar-refractivity contribution < 1.29 is 53.9 Å². The zero-order valence-electron chi connectivity index (χ0n) is 16.0. The summed E-state index contributed by atoms with van der Waals surface area (Å²) in [6.07, 6.45) is -10.3. The van der Waals surface area contributed by atoms with Gasteiger partial charge in [0, 0.05) is 6.07 Å². The van der Waals surface area contributed by atoms with Crippen LogP contribution in [0.5, 0.6) is 23.0 Å². The maximum Gasteiger partial charge on any atom is 0.573 e. The number of carbonyl (C=O) groups is 1. The summed E-state index contributed by atoms with van der Waals surface area (Å²) in [6.45, 7) is 0. The van der Waals surface area contributed by atoms with Crippen LogP contribution in [0.2, 0.25) is 0 Å². The van der Waals surface area contributed by atoms with Crippen molar-refractivity contribution >= 4 is 16.8 Å². The molecule has 0 spiro atoms. The Morgan fingerprint density at radius 2 is 1.68 bits per heavy atom. The van der Waals surface area contributed by atoms with Gasteiger partial charge >= 0.3 is 12.5 Å². The average Bonchev–Trinajstić information content (AvgIpc) is 2.52. The van der Waals surface area contributed by atoms with Crippen molar-refractivity contribution in [3.8, 4) is 23.0 Å². The highest BCUT2D eigenvalue weighted by Gasteiger charge is 2.37. The molecule has 0 aliphatic rings. The predicted molar refractivity (Wildman–Crippen MR) is 81.3 cm³/mol. The molecule has 152 valence electrons. The SMILES string of the molecule is [2H]C([2H])([2H])Oc1cc(OC(F)(F)F)ccc1Oc1ccc(C(F)(F)F)c(F)c1C(=O)Cl. The molecule has 0 saturated heterocycles. The van der Waals surface area contributed by atoms with Crippen molar-refractivity contribution in [2.75, 3.05) is 7.04 Å². The smallest absolute Gasteiger partial charge is 0.493 e. The van der Waals surface area contributed by atoms with Crippen LogP contribution < -0.4 is 14.2 Å². The van der Waals surface area contributed by atoms with Crippen LogP contribution in [-0.4, -0.2) is 18.6 Å². The lowest BCUT2D eigenvalue weighted by atomic mass is 10.1. The minimum absolute atomic E-state index is 0.222. The third-order valence-electron chi connectivity index (χ3n) is 3.08. The van der Waals surface area contributed by atoms with Crippen LogP contribution in [0.3, 0.4) is 0 Å². The molecule has 0 aromatic heterocycles. The summed E-state index contributed by atoms with van der Waals surface area (Å²) >= 11 is 5.15. The van der Waals surface area contributed by atoms with E-state index in [1.165, 1.54) is 0 Å². The molecule has 12 heteroatoms. The van der Waals surface area contributed by atoms with Gasteiger partial charge in [-0.25, -0.2) is 4.39 Å². The van der Waals surface area contributed by atoms with Gasteiger partial charge in [0.05, 0.1) is 16.7 Å². The van der Waals surface area contributed by atoms with Crippen LogP contribution in [0.25, 0.3) is 0 Å². The van der Waals surface area contributed by atoms with Crippen molar-refractivity contribution in [3.05, 3.63) is 47.3 Å². The van der Waals surface area contributed by atoms with Gasteiger partial charge in [0.25, 0.3) is 5.24 Å². The van der Waals surface area contributed by atoms with Gasteiger partial charge in [-0.1, -0.05) is 0 Å². The second-order valence-electron chi connectivity index (χ2n) is 4.93. The molecule has 0 heterocycles. The summed E-state index contributed by atoms with van der Waals surface area (Å²) in [5.41, 5.74) is -3.18. The van der Waals surface area contributed by atoms with Gasteiger partial charge in [0.2, 0.25) is 0 Å². The van der Waals surface area contributed by atoms with Crippen LogP contribution in [0, 0.1) is 5.82 Å². The summed E-state index contributed by atoms with van der Waals surface area (Å²) < 4.78 is 124. The minimum atomic E-state index is -5.18. The van der Waals surface area contributed by atoms with Gasteiger partial charge < -0.3 is 14.2 Å². The van der Waals surface area contributed by atoms with Gasteiger partial charge in [-0.3, -0.25) is 4.79 Å². The first-order valence-electron chi connectivity index (χ1n) is 8.34.